The van der Waals surface area contributed by atoms with Gasteiger partial charge in [0.05, 0.1) is 0 Å². The second kappa shape index (κ2) is 6.13. The molecule has 0 saturated heterocycles. The van der Waals surface area contributed by atoms with E-state index in [2.05, 4.69) is 86.4 Å². The van der Waals surface area contributed by atoms with Gasteiger partial charge < -0.3 is 5.73 Å². The number of fused-ring (bicyclic) bond motifs is 1. The first kappa shape index (κ1) is 14.5. The predicted molar refractivity (Wildman–Crippen MR) is 99.3 cm³/mol. The fraction of sp³-hybridized carbons (Fsp3) is 0.125. The van der Waals surface area contributed by atoms with Crippen LogP contribution in [0.4, 0.5) is 0 Å². The molecule has 0 radical (unpaired) electrons. The molecule has 2 aromatic carbocycles. The van der Waals surface area contributed by atoms with Crippen molar-refractivity contribution in [2.45, 2.75) is 12.5 Å². The molecular weight excluding hydrogens is 445 g/mol. The normalized spacial score (nSPS) is 12.8. The van der Waals surface area contributed by atoms with Gasteiger partial charge in [-0.2, -0.15) is 0 Å². The summed E-state index contributed by atoms with van der Waals surface area (Å²) in [6.45, 7) is 0. The Morgan fingerprint density at radius 2 is 2.00 bits per heavy atom. The lowest BCUT2D eigenvalue weighted by Crippen LogP contribution is -2.14. The molecule has 1 nitrogen and oxygen atoms in total. The van der Waals surface area contributed by atoms with Crippen LogP contribution in [0.25, 0.3) is 10.1 Å². The van der Waals surface area contributed by atoms with Crippen molar-refractivity contribution < 1.29 is 0 Å². The van der Waals surface area contributed by atoms with E-state index in [0.717, 1.165) is 10.9 Å². The van der Waals surface area contributed by atoms with Gasteiger partial charge in [-0.05, 0) is 75.2 Å². The van der Waals surface area contributed by atoms with E-state index in [-0.39, 0.29) is 6.04 Å². The van der Waals surface area contributed by atoms with Crippen LogP contribution in [0, 0.1) is 3.57 Å². The molecule has 3 aromatic rings. The van der Waals surface area contributed by atoms with E-state index in [1.54, 1.807) is 11.3 Å². The molecule has 3 rings (SSSR count). The van der Waals surface area contributed by atoms with Gasteiger partial charge in [0.25, 0.3) is 0 Å². The molecule has 1 heterocycles. The average Bonchev–Trinajstić information content (AvgIpc) is 2.85. The van der Waals surface area contributed by atoms with Crippen LogP contribution in [-0.2, 0) is 6.42 Å². The van der Waals surface area contributed by atoms with Crippen molar-refractivity contribution in [3.63, 3.8) is 0 Å². The molecule has 0 saturated carbocycles. The van der Waals surface area contributed by atoms with Crippen molar-refractivity contribution in [3.05, 3.63) is 67.0 Å². The molecule has 1 atom stereocenters. The largest absolute Gasteiger partial charge is 0.324 e. The van der Waals surface area contributed by atoms with E-state index < -0.39 is 0 Å². The molecule has 0 bridgehead atoms. The van der Waals surface area contributed by atoms with Crippen LogP contribution in [-0.4, -0.2) is 0 Å². The van der Waals surface area contributed by atoms with Crippen LogP contribution >= 0.6 is 49.9 Å². The second-order valence-corrected chi connectivity index (χ2v) is 7.74. The van der Waals surface area contributed by atoms with Gasteiger partial charge in [-0.3, -0.25) is 0 Å². The van der Waals surface area contributed by atoms with Crippen LogP contribution in [0.5, 0.6) is 0 Å². The third-order valence-corrected chi connectivity index (χ3v) is 5.76. The summed E-state index contributed by atoms with van der Waals surface area (Å²) >= 11 is 7.72. The van der Waals surface area contributed by atoms with Gasteiger partial charge in [0.1, 0.15) is 0 Å². The van der Waals surface area contributed by atoms with Gasteiger partial charge in [-0.25, -0.2) is 0 Å². The molecule has 1 unspecified atom stereocenters. The topological polar surface area (TPSA) is 26.0 Å². The van der Waals surface area contributed by atoms with E-state index in [0.29, 0.717) is 0 Å². The van der Waals surface area contributed by atoms with Gasteiger partial charge >= 0.3 is 0 Å². The summed E-state index contributed by atoms with van der Waals surface area (Å²) in [4.78, 5) is 0. The Balaban J connectivity index is 1.92. The van der Waals surface area contributed by atoms with E-state index in [1.165, 1.54) is 24.8 Å². The quantitative estimate of drug-likeness (QED) is 0.515. The Morgan fingerprint density at radius 3 is 2.85 bits per heavy atom. The number of benzene rings is 2. The Kier molecular flexibility index (Phi) is 4.45. The second-order valence-electron chi connectivity index (χ2n) is 4.73. The van der Waals surface area contributed by atoms with Crippen LogP contribution in [0.2, 0.25) is 0 Å². The lowest BCUT2D eigenvalue weighted by molar-refractivity contribution is 0.722. The SMILES string of the molecule is NC(Cc1csc2ccccc12)c1cc(I)ccc1Br. The first-order valence-electron chi connectivity index (χ1n) is 6.31. The molecule has 0 amide bonds. The third-order valence-electron chi connectivity index (χ3n) is 3.36. The van der Waals surface area contributed by atoms with Crippen molar-refractivity contribution >= 4 is 59.9 Å². The van der Waals surface area contributed by atoms with Crippen molar-refractivity contribution in [1.82, 2.24) is 0 Å². The third kappa shape index (κ3) is 2.93. The molecule has 2 N–H and O–H groups in total. The Labute approximate surface area is 144 Å². The zero-order chi connectivity index (χ0) is 14.1. The summed E-state index contributed by atoms with van der Waals surface area (Å²) in [5.74, 6) is 0. The maximum absolute atomic E-state index is 6.42. The summed E-state index contributed by atoms with van der Waals surface area (Å²) in [6, 6.07) is 14.8. The monoisotopic (exact) mass is 457 g/mol. The van der Waals surface area contributed by atoms with Crippen LogP contribution in [0.15, 0.2) is 52.3 Å². The van der Waals surface area contributed by atoms with Crippen molar-refractivity contribution in [2.75, 3.05) is 0 Å². The Morgan fingerprint density at radius 1 is 1.20 bits per heavy atom. The zero-order valence-corrected chi connectivity index (χ0v) is 15.2. The highest BCUT2D eigenvalue weighted by Crippen LogP contribution is 2.31. The Bertz CT molecular complexity index is 753. The molecule has 0 spiro atoms. The molecule has 0 aliphatic carbocycles. The molecule has 0 aliphatic heterocycles. The Hall–Kier alpha value is -0.430. The molecule has 1 aromatic heterocycles. The fourth-order valence-electron chi connectivity index (χ4n) is 2.34. The van der Waals surface area contributed by atoms with Crippen LogP contribution in [0.1, 0.15) is 17.2 Å². The number of hydrogen-bond donors (Lipinski definition) is 1. The summed E-state index contributed by atoms with van der Waals surface area (Å²) in [5.41, 5.74) is 8.93. The van der Waals surface area contributed by atoms with Gasteiger partial charge in [-0.15, -0.1) is 11.3 Å². The van der Waals surface area contributed by atoms with Crippen LogP contribution in [0.3, 0.4) is 0 Å². The first-order valence-corrected chi connectivity index (χ1v) is 9.06. The maximum Gasteiger partial charge on any atom is 0.0347 e. The number of thiophene rings is 1. The van der Waals surface area contributed by atoms with Crippen molar-refractivity contribution in [2.24, 2.45) is 5.73 Å². The van der Waals surface area contributed by atoms with Crippen molar-refractivity contribution in [1.29, 1.82) is 0 Å². The zero-order valence-electron chi connectivity index (χ0n) is 10.6. The number of nitrogens with two attached hydrogens (primary N) is 1. The fourth-order valence-corrected chi connectivity index (χ4v) is 4.37. The van der Waals surface area contributed by atoms with E-state index >= 15 is 0 Å². The lowest BCUT2D eigenvalue weighted by Gasteiger charge is -2.14. The number of halogens is 2. The predicted octanol–water partition coefficient (Wildman–Crippen LogP) is 5.51. The molecule has 102 valence electrons. The number of rotatable bonds is 3. The smallest absolute Gasteiger partial charge is 0.0347 e. The van der Waals surface area contributed by atoms with Crippen molar-refractivity contribution in [3.8, 4) is 0 Å². The molecule has 20 heavy (non-hydrogen) atoms. The molecule has 0 aliphatic rings. The minimum Gasteiger partial charge on any atom is -0.324 e. The first-order chi connectivity index (χ1) is 9.65. The highest BCUT2D eigenvalue weighted by Gasteiger charge is 2.13. The molecule has 4 heteroatoms. The molecule has 0 fully saturated rings. The van der Waals surface area contributed by atoms with Gasteiger partial charge in [0.15, 0.2) is 0 Å². The standard InChI is InChI=1S/C16H13BrINS/c17-14-6-5-11(18)8-13(14)15(19)7-10-9-20-16-4-2-1-3-12(10)16/h1-6,8-9,15H,7,19H2. The maximum atomic E-state index is 6.42. The number of hydrogen-bond acceptors (Lipinski definition) is 2. The van der Waals surface area contributed by atoms with E-state index in [4.69, 9.17) is 5.73 Å². The lowest BCUT2D eigenvalue weighted by atomic mass is 9.99. The summed E-state index contributed by atoms with van der Waals surface area (Å²) in [6.07, 6.45) is 0.864. The van der Waals surface area contributed by atoms with E-state index in [9.17, 15) is 0 Å². The minimum atomic E-state index is 0.0112. The highest BCUT2D eigenvalue weighted by atomic mass is 127. The van der Waals surface area contributed by atoms with Gasteiger partial charge in [0.2, 0.25) is 0 Å². The minimum absolute atomic E-state index is 0.0112. The van der Waals surface area contributed by atoms with E-state index in [1.807, 2.05) is 0 Å². The average molecular weight is 458 g/mol. The van der Waals surface area contributed by atoms with Gasteiger partial charge in [-0.1, -0.05) is 34.1 Å². The summed E-state index contributed by atoms with van der Waals surface area (Å²) in [5, 5.41) is 3.56. The molecular formula is C16H13BrINS. The highest BCUT2D eigenvalue weighted by molar-refractivity contribution is 14.1. The summed E-state index contributed by atoms with van der Waals surface area (Å²) < 4.78 is 3.63. The van der Waals surface area contributed by atoms with Crippen LogP contribution < -0.4 is 5.73 Å². The summed E-state index contributed by atoms with van der Waals surface area (Å²) in [7, 11) is 0. The van der Waals surface area contributed by atoms with Gasteiger partial charge in [0, 0.05) is 18.8 Å².